The summed E-state index contributed by atoms with van der Waals surface area (Å²) in [6, 6.07) is 14.4. The van der Waals surface area contributed by atoms with Gasteiger partial charge < -0.3 is 4.98 Å². The average molecular weight is 321 g/mol. The highest BCUT2D eigenvalue weighted by atomic mass is 19.1. The Morgan fingerprint density at radius 3 is 2.79 bits per heavy atom. The molecule has 0 amide bonds. The Kier molecular flexibility index (Phi) is 3.41. The van der Waals surface area contributed by atoms with Crippen LogP contribution in [0.4, 0.5) is 4.39 Å². The van der Waals surface area contributed by atoms with Crippen molar-refractivity contribution >= 4 is 21.9 Å². The van der Waals surface area contributed by atoms with Gasteiger partial charge in [0, 0.05) is 17.4 Å². The minimum atomic E-state index is -0.341. The van der Waals surface area contributed by atoms with E-state index in [-0.39, 0.29) is 17.3 Å². The quantitative estimate of drug-likeness (QED) is 0.623. The standard InChI is InChI=1S/C19H16FN3O/c1-12(13-5-3-2-4-6-13)10-23-11-21-17-15-9-14(20)7-8-16(15)22-18(17)19(23)24/h2-9,11-12,22H,10H2,1H3. The zero-order valence-electron chi connectivity index (χ0n) is 13.2. The topological polar surface area (TPSA) is 50.7 Å². The van der Waals surface area contributed by atoms with Crippen molar-refractivity contribution in [3.63, 3.8) is 0 Å². The van der Waals surface area contributed by atoms with Gasteiger partial charge in [0.15, 0.2) is 0 Å². The second kappa shape index (κ2) is 5.60. The van der Waals surface area contributed by atoms with Crippen LogP contribution < -0.4 is 5.56 Å². The van der Waals surface area contributed by atoms with E-state index >= 15 is 0 Å². The Morgan fingerprint density at radius 1 is 1.21 bits per heavy atom. The molecule has 0 saturated heterocycles. The van der Waals surface area contributed by atoms with Crippen molar-refractivity contribution in [1.82, 2.24) is 14.5 Å². The second-order valence-electron chi connectivity index (χ2n) is 6.05. The van der Waals surface area contributed by atoms with E-state index in [1.165, 1.54) is 17.7 Å². The number of nitrogens with one attached hydrogen (secondary N) is 1. The van der Waals surface area contributed by atoms with Gasteiger partial charge in [-0.2, -0.15) is 0 Å². The lowest BCUT2D eigenvalue weighted by molar-refractivity contribution is 0.576. The largest absolute Gasteiger partial charge is 0.349 e. The highest BCUT2D eigenvalue weighted by Crippen LogP contribution is 2.22. The fourth-order valence-electron chi connectivity index (χ4n) is 3.07. The second-order valence-corrected chi connectivity index (χ2v) is 6.05. The maximum Gasteiger partial charge on any atom is 0.277 e. The molecule has 2 aromatic carbocycles. The number of benzene rings is 2. The molecule has 0 aliphatic rings. The summed E-state index contributed by atoms with van der Waals surface area (Å²) in [6.07, 6.45) is 1.54. The Balaban J connectivity index is 1.79. The fraction of sp³-hybridized carbons (Fsp3) is 0.158. The fourth-order valence-corrected chi connectivity index (χ4v) is 3.07. The molecular formula is C19H16FN3O. The Hall–Kier alpha value is -2.95. The molecule has 0 bridgehead atoms. The summed E-state index contributed by atoms with van der Waals surface area (Å²) in [7, 11) is 0. The van der Waals surface area contributed by atoms with Crippen molar-refractivity contribution in [2.75, 3.05) is 0 Å². The van der Waals surface area contributed by atoms with E-state index in [1.807, 2.05) is 30.3 Å². The molecule has 1 N–H and O–H groups in total. The molecule has 0 spiro atoms. The van der Waals surface area contributed by atoms with Crippen LogP contribution in [0.2, 0.25) is 0 Å². The molecule has 120 valence electrons. The summed E-state index contributed by atoms with van der Waals surface area (Å²) < 4.78 is 15.1. The normalized spacial score (nSPS) is 12.8. The molecule has 4 nitrogen and oxygen atoms in total. The van der Waals surface area contributed by atoms with E-state index in [2.05, 4.69) is 16.9 Å². The predicted molar refractivity (Wildman–Crippen MR) is 92.7 cm³/mol. The molecular weight excluding hydrogens is 305 g/mol. The molecule has 2 heterocycles. The number of hydrogen-bond acceptors (Lipinski definition) is 2. The lowest BCUT2D eigenvalue weighted by atomic mass is 10.0. The third kappa shape index (κ3) is 2.38. The maximum atomic E-state index is 13.5. The molecule has 5 heteroatoms. The summed E-state index contributed by atoms with van der Waals surface area (Å²) in [5.74, 6) is -0.156. The highest BCUT2D eigenvalue weighted by Gasteiger charge is 2.13. The first-order chi connectivity index (χ1) is 11.6. The number of nitrogens with zero attached hydrogens (tertiary/aromatic N) is 2. The van der Waals surface area contributed by atoms with Crippen LogP contribution in [0.25, 0.3) is 21.9 Å². The predicted octanol–water partition coefficient (Wildman–Crippen LogP) is 3.82. The SMILES string of the molecule is CC(Cn1cnc2c([nH]c3ccc(F)cc32)c1=O)c1ccccc1. The van der Waals surface area contributed by atoms with Gasteiger partial charge in [-0.25, -0.2) is 9.37 Å². The lowest BCUT2D eigenvalue weighted by Gasteiger charge is -2.13. The molecule has 0 aliphatic carbocycles. The molecule has 0 aliphatic heterocycles. The third-order valence-electron chi connectivity index (χ3n) is 4.37. The summed E-state index contributed by atoms with van der Waals surface area (Å²) in [5, 5.41) is 0.630. The molecule has 4 aromatic rings. The van der Waals surface area contributed by atoms with Crippen molar-refractivity contribution in [1.29, 1.82) is 0 Å². The summed E-state index contributed by atoms with van der Waals surface area (Å²) in [6.45, 7) is 2.61. The van der Waals surface area contributed by atoms with Gasteiger partial charge in [-0.15, -0.1) is 0 Å². The van der Waals surface area contributed by atoms with Crippen LogP contribution in [-0.2, 0) is 6.54 Å². The molecule has 0 fully saturated rings. The van der Waals surface area contributed by atoms with Crippen LogP contribution >= 0.6 is 0 Å². The van der Waals surface area contributed by atoms with Crippen molar-refractivity contribution in [3.05, 3.63) is 76.6 Å². The highest BCUT2D eigenvalue weighted by molar-refractivity contribution is 6.04. The summed E-state index contributed by atoms with van der Waals surface area (Å²) >= 11 is 0. The zero-order chi connectivity index (χ0) is 16.7. The first-order valence-electron chi connectivity index (χ1n) is 7.85. The van der Waals surface area contributed by atoms with Gasteiger partial charge in [-0.05, 0) is 29.7 Å². The van der Waals surface area contributed by atoms with E-state index < -0.39 is 0 Å². The number of rotatable bonds is 3. The van der Waals surface area contributed by atoms with Crippen molar-refractivity contribution < 1.29 is 4.39 Å². The van der Waals surface area contributed by atoms with Crippen molar-refractivity contribution in [2.45, 2.75) is 19.4 Å². The van der Waals surface area contributed by atoms with Crippen LogP contribution in [0.3, 0.4) is 0 Å². The first kappa shape index (κ1) is 14.6. The number of H-pyrrole nitrogens is 1. The van der Waals surface area contributed by atoms with Crippen LogP contribution in [0.1, 0.15) is 18.4 Å². The minimum absolute atomic E-state index is 0.139. The lowest BCUT2D eigenvalue weighted by Crippen LogP contribution is -2.23. The molecule has 4 rings (SSSR count). The van der Waals surface area contributed by atoms with E-state index in [1.54, 1.807) is 17.0 Å². The van der Waals surface area contributed by atoms with Gasteiger partial charge in [0.1, 0.15) is 16.9 Å². The number of fused-ring (bicyclic) bond motifs is 3. The number of halogens is 1. The number of aromatic nitrogens is 3. The van der Waals surface area contributed by atoms with Crippen molar-refractivity contribution in [3.8, 4) is 0 Å². The van der Waals surface area contributed by atoms with Crippen LogP contribution in [0, 0.1) is 5.82 Å². The van der Waals surface area contributed by atoms with E-state index in [0.29, 0.717) is 28.5 Å². The molecule has 1 unspecified atom stereocenters. The average Bonchev–Trinajstić information content (AvgIpc) is 2.97. The Labute approximate surface area is 137 Å². The molecule has 24 heavy (non-hydrogen) atoms. The maximum absolute atomic E-state index is 13.5. The smallest absolute Gasteiger partial charge is 0.277 e. The minimum Gasteiger partial charge on any atom is -0.349 e. The number of aromatic amines is 1. The van der Waals surface area contributed by atoms with Crippen LogP contribution in [0.15, 0.2) is 59.7 Å². The van der Waals surface area contributed by atoms with Gasteiger partial charge in [0.2, 0.25) is 0 Å². The van der Waals surface area contributed by atoms with E-state index in [9.17, 15) is 9.18 Å². The third-order valence-corrected chi connectivity index (χ3v) is 4.37. The Morgan fingerprint density at radius 2 is 2.00 bits per heavy atom. The van der Waals surface area contributed by atoms with E-state index in [0.717, 1.165) is 0 Å². The van der Waals surface area contributed by atoms with Gasteiger partial charge >= 0.3 is 0 Å². The van der Waals surface area contributed by atoms with Gasteiger partial charge in [0.25, 0.3) is 5.56 Å². The van der Waals surface area contributed by atoms with Crippen LogP contribution in [0.5, 0.6) is 0 Å². The van der Waals surface area contributed by atoms with Gasteiger partial charge in [-0.1, -0.05) is 37.3 Å². The molecule has 1 atom stereocenters. The monoisotopic (exact) mass is 321 g/mol. The van der Waals surface area contributed by atoms with Crippen molar-refractivity contribution in [2.24, 2.45) is 0 Å². The zero-order valence-corrected chi connectivity index (χ0v) is 13.2. The van der Waals surface area contributed by atoms with Gasteiger partial charge in [0.05, 0.1) is 6.33 Å². The van der Waals surface area contributed by atoms with Crippen LogP contribution in [-0.4, -0.2) is 14.5 Å². The Bertz CT molecular complexity index is 1080. The number of hydrogen-bond donors (Lipinski definition) is 1. The molecule has 0 saturated carbocycles. The molecule has 0 radical (unpaired) electrons. The van der Waals surface area contributed by atoms with Gasteiger partial charge in [-0.3, -0.25) is 9.36 Å². The molecule has 2 aromatic heterocycles. The summed E-state index contributed by atoms with van der Waals surface area (Å²) in [4.78, 5) is 20.2. The van der Waals surface area contributed by atoms with E-state index in [4.69, 9.17) is 0 Å². The summed E-state index contributed by atoms with van der Waals surface area (Å²) in [5.41, 5.74) is 2.67. The first-order valence-corrected chi connectivity index (χ1v) is 7.85.